The van der Waals surface area contributed by atoms with E-state index < -0.39 is 11.9 Å². The summed E-state index contributed by atoms with van der Waals surface area (Å²) in [6.07, 6.45) is 0. The van der Waals surface area contributed by atoms with Crippen LogP contribution in [0.25, 0.3) is 0 Å². The Bertz CT molecular complexity index is 597. The van der Waals surface area contributed by atoms with Crippen LogP contribution in [0.1, 0.15) is 52.9 Å². The molecule has 0 radical (unpaired) electrons. The van der Waals surface area contributed by atoms with E-state index in [-0.39, 0.29) is 23.7 Å². The average molecular weight is 309 g/mol. The lowest BCUT2D eigenvalue weighted by molar-refractivity contribution is -0.121. The van der Waals surface area contributed by atoms with Crippen molar-refractivity contribution in [2.45, 2.75) is 40.2 Å². The second-order valence-corrected chi connectivity index (χ2v) is 6.10. The Labute approximate surface area is 129 Å². The van der Waals surface area contributed by atoms with Gasteiger partial charge in [0.05, 0.1) is 19.2 Å². The number of carbonyl (C=O) groups excluding carboxylic acids is 3. The SMILES string of the molecule is COC(=O)c1c(C)[nH]c(C(=O)NCC(=O)NC(C)(C)C)c1C. The Morgan fingerprint density at radius 2 is 1.77 bits per heavy atom. The van der Waals surface area contributed by atoms with Gasteiger partial charge < -0.3 is 20.4 Å². The number of hydrogen-bond acceptors (Lipinski definition) is 4. The molecule has 1 rings (SSSR count). The lowest BCUT2D eigenvalue weighted by Gasteiger charge is -2.20. The Hall–Kier alpha value is -2.31. The quantitative estimate of drug-likeness (QED) is 0.724. The maximum atomic E-state index is 12.1. The van der Waals surface area contributed by atoms with Gasteiger partial charge in [-0.05, 0) is 40.2 Å². The highest BCUT2D eigenvalue weighted by molar-refractivity contribution is 6.01. The molecule has 0 fully saturated rings. The molecule has 122 valence electrons. The topological polar surface area (TPSA) is 100 Å². The van der Waals surface area contributed by atoms with Crippen molar-refractivity contribution in [3.05, 3.63) is 22.5 Å². The molecular formula is C15H23N3O4. The zero-order chi connectivity index (χ0) is 17.1. The van der Waals surface area contributed by atoms with Crippen LogP contribution in [0.2, 0.25) is 0 Å². The molecule has 1 heterocycles. The van der Waals surface area contributed by atoms with Crippen molar-refractivity contribution in [3.63, 3.8) is 0 Å². The molecule has 0 bridgehead atoms. The molecule has 3 N–H and O–H groups in total. The van der Waals surface area contributed by atoms with Crippen molar-refractivity contribution in [1.82, 2.24) is 15.6 Å². The van der Waals surface area contributed by atoms with Crippen LogP contribution in [-0.2, 0) is 9.53 Å². The second kappa shape index (κ2) is 6.64. The third-order valence-corrected chi connectivity index (χ3v) is 2.98. The van der Waals surface area contributed by atoms with Crippen LogP contribution in [0.15, 0.2) is 0 Å². The molecule has 2 amide bonds. The molecular weight excluding hydrogens is 286 g/mol. The molecule has 0 aliphatic heterocycles. The minimum Gasteiger partial charge on any atom is -0.465 e. The first kappa shape index (κ1) is 17.7. The first-order chi connectivity index (χ1) is 10.1. The van der Waals surface area contributed by atoms with Gasteiger partial charge in [0.25, 0.3) is 5.91 Å². The normalized spacial score (nSPS) is 11.0. The van der Waals surface area contributed by atoms with Gasteiger partial charge >= 0.3 is 5.97 Å². The molecule has 0 saturated heterocycles. The molecule has 7 nitrogen and oxygen atoms in total. The average Bonchev–Trinajstić information content (AvgIpc) is 2.68. The van der Waals surface area contributed by atoms with Crippen molar-refractivity contribution in [2.24, 2.45) is 0 Å². The lowest BCUT2D eigenvalue weighted by Crippen LogP contribution is -2.45. The van der Waals surface area contributed by atoms with Gasteiger partial charge in [0.15, 0.2) is 0 Å². The molecule has 0 aliphatic carbocycles. The van der Waals surface area contributed by atoms with E-state index in [4.69, 9.17) is 0 Å². The first-order valence-electron chi connectivity index (χ1n) is 6.93. The summed E-state index contributed by atoms with van der Waals surface area (Å²) in [6, 6.07) is 0. The summed E-state index contributed by atoms with van der Waals surface area (Å²) in [5.41, 5.74) is 1.28. The number of aryl methyl sites for hydroxylation is 1. The molecule has 0 spiro atoms. The summed E-state index contributed by atoms with van der Waals surface area (Å²) < 4.78 is 4.69. The van der Waals surface area contributed by atoms with E-state index in [1.807, 2.05) is 20.8 Å². The summed E-state index contributed by atoms with van der Waals surface area (Å²) in [7, 11) is 1.28. The highest BCUT2D eigenvalue weighted by atomic mass is 16.5. The molecule has 7 heteroatoms. The number of rotatable bonds is 4. The minimum atomic E-state index is -0.504. The van der Waals surface area contributed by atoms with Gasteiger partial charge in [0, 0.05) is 11.2 Å². The Morgan fingerprint density at radius 3 is 2.27 bits per heavy atom. The third-order valence-electron chi connectivity index (χ3n) is 2.98. The number of carbonyl (C=O) groups is 3. The van der Waals surface area contributed by atoms with Gasteiger partial charge in [-0.3, -0.25) is 9.59 Å². The number of amides is 2. The van der Waals surface area contributed by atoms with E-state index in [0.29, 0.717) is 16.8 Å². The van der Waals surface area contributed by atoms with Crippen LogP contribution in [0, 0.1) is 13.8 Å². The highest BCUT2D eigenvalue weighted by Crippen LogP contribution is 2.18. The van der Waals surface area contributed by atoms with Crippen molar-refractivity contribution in [1.29, 1.82) is 0 Å². The Kier molecular flexibility index (Phi) is 5.35. The maximum absolute atomic E-state index is 12.1. The van der Waals surface area contributed by atoms with E-state index in [1.54, 1.807) is 13.8 Å². The fourth-order valence-electron chi connectivity index (χ4n) is 2.10. The third kappa shape index (κ3) is 4.34. The first-order valence-corrected chi connectivity index (χ1v) is 6.93. The van der Waals surface area contributed by atoms with Gasteiger partial charge in [-0.15, -0.1) is 0 Å². The van der Waals surface area contributed by atoms with Crippen molar-refractivity contribution < 1.29 is 19.1 Å². The van der Waals surface area contributed by atoms with Crippen LogP contribution in [-0.4, -0.2) is 42.0 Å². The number of nitrogens with one attached hydrogen (secondary N) is 3. The predicted octanol–water partition coefficient (Wildman–Crippen LogP) is 1.06. The minimum absolute atomic E-state index is 0.138. The Morgan fingerprint density at radius 1 is 1.18 bits per heavy atom. The van der Waals surface area contributed by atoms with Crippen LogP contribution in [0.3, 0.4) is 0 Å². The summed E-state index contributed by atoms with van der Waals surface area (Å²) in [6.45, 7) is 8.76. The molecule has 0 aromatic carbocycles. The summed E-state index contributed by atoms with van der Waals surface area (Å²) in [5.74, 6) is -1.23. The van der Waals surface area contributed by atoms with Crippen LogP contribution >= 0.6 is 0 Å². The lowest BCUT2D eigenvalue weighted by atomic mass is 10.1. The number of aromatic amines is 1. The summed E-state index contributed by atoms with van der Waals surface area (Å²) in [5, 5.41) is 5.27. The summed E-state index contributed by atoms with van der Waals surface area (Å²) >= 11 is 0. The van der Waals surface area contributed by atoms with Gasteiger partial charge in [-0.25, -0.2) is 4.79 Å². The number of aromatic nitrogens is 1. The second-order valence-electron chi connectivity index (χ2n) is 6.10. The molecule has 0 unspecified atom stereocenters. The molecule has 1 aromatic rings. The fraction of sp³-hybridized carbons (Fsp3) is 0.533. The largest absolute Gasteiger partial charge is 0.465 e. The number of H-pyrrole nitrogens is 1. The fourth-order valence-corrected chi connectivity index (χ4v) is 2.10. The Balaban J connectivity index is 2.79. The monoisotopic (exact) mass is 309 g/mol. The number of ether oxygens (including phenoxy) is 1. The predicted molar refractivity (Wildman–Crippen MR) is 81.8 cm³/mol. The molecule has 0 atom stereocenters. The number of esters is 1. The molecule has 1 aromatic heterocycles. The molecule has 0 saturated carbocycles. The summed E-state index contributed by atoms with van der Waals surface area (Å²) in [4.78, 5) is 38.4. The zero-order valence-electron chi connectivity index (χ0n) is 13.8. The number of hydrogen-bond donors (Lipinski definition) is 3. The van der Waals surface area contributed by atoms with E-state index in [2.05, 4.69) is 20.4 Å². The maximum Gasteiger partial charge on any atom is 0.339 e. The van der Waals surface area contributed by atoms with E-state index in [0.717, 1.165) is 0 Å². The number of methoxy groups -OCH3 is 1. The zero-order valence-corrected chi connectivity index (χ0v) is 13.8. The molecule has 22 heavy (non-hydrogen) atoms. The van der Waals surface area contributed by atoms with Crippen LogP contribution in [0.4, 0.5) is 0 Å². The van der Waals surface area contributed by atoms with Gasteiger partial charge in [-0.1, -0.05) is 0 Å². The standard InChI is InChI=1S/C15H23N3O4/c1-8-11(14(21)22-6)9(2)17-12(8)13(20)16-7-10(19)18-15(3,4)5/h17H,7H2,1-6H3,(H,16,20)(H,18,19). The van der Waals surface area contributed by atoms with Gasteiger partial charge in [0.1, 0.15) is 5.69 Å². The van der Waals surface area contributed by atoms with E-state index >= 15 is 0 Å². The molecule has 0 aliphatic rings. The van der Waals surface area contributed by atoms with Gasteiger partial charge in [-0.2, -0.15) is 0 Å². The smallest absolute Gasteiger partial charge is 0.339 e. The van der Waals surface area contributed by atoms with Crippen LogP contribution in [0.5, 0.6) is 0 Å². The van der Waals surface area contributed by atoms with Crippen molar-refractivity contribution in [2.75, 3.05) is 13.7 Å². The van der Waals surface area contributed by atoms with Crippen molar-refractivity contribution >= 4 is 17.8 Å². The highest BCUT2D eigenvalue weighted by Gasteiger charge is 2.23. The van der Waals surface area contributed by atoms with Crippen LogP contribution < -0.4 is 10.6 Å². The van der Waals surface area contributed by atoms with E-state index in [1.165, 1.54) is 7.11 Å². The van der Waals surface area contributed by atoms with E-state index in [9.17, 15) is 14.4 Å². The van der Waals surface area contributed by atoms with Crippen molar-refractivity contribution in [3.8, 4) is 0 Å². The van der Waals surface area contributed by atoms with Gasteiger partial charge in [0.2, 0.25) is 5.91 Å².